The van der Waals surface area contributed by atoms with Gasteiger partial charge in [0.25, 0.3) is 0 Å². The van der Waals surface area contributed by atoms with E-state index >= 15 is 0 Å². The molecular weight excluding hydrogens is 226 g/mol. The standard InChI is InChI=1S/C14H23N3O/c1-3-18-12(10-15)11-17-9-8-16(2)13-6-4-5-7-14(13)17/h4-7,12H,3,8-11,15H2,1-2H3. The van der Waals surface area contributed by atoms with Crippen LogP contribution in [0.25, 0.3) is 0 Å². The Morgan fingerprint density at radius 3 is 2.67 bits per heavy atom. The normalized spacial score (nSPS) is 16.6. The van der Waals surface area contributed by atoms with E-state index in [0.29, 0.717) is 6.54 Å². The van der Waals surface area contributed by atoms with Gasteiger partial charge in [-0.15, -0.1) is 0 Å². The van der Waals surface area contributed by atoms with Crippen molar-refractivity contribution in [3.05, 3.63) is 24.3 Å². The molecule has 4 heteroatoms. The number of nitrogens with two attached hydrogens (primary N) is 1. The highest BCUT2D eigenvalue weighted by atomic mass is 16.5. The molecule has 0 aliphatic carbocycles. The van der Waals surface area contributed by atoms with Gasteiger partial charge in [0.15, 0.2) is 0 Å². The molecule has 2 N–H and O–H groups in total. The summed E-state index contributed by atoms with van der Waals surface area (Å²) in [5.74, 6) is 0. The fraction of sp³-hybridized carbons (Fsp3) is 0.571. The molecule has 0 aromatic heterocycles. The Balaban J connectivity index is 2.13. The van der Waals surface area contributed by atoms with Gasteiger partial charge in [-0.3, -0.25) is 0 Å². The van der Waals surface area contributed by atoms with E-state index in [1.165, 1.54) is 11.4 Å². The first-order valence-electron chi connectivity index (χ1n) is 6.63. The molecule has 18 heavy (non-hydrogen) atoms. The van der Waals surface area contributed by atoms with Gasteiger partial charge in [-0.1, -0.05) is 12.1 Å². The lowest BCUT2D eigenvalue weighted by Crippen LogP contribution is -2.45. The van der Waals surface area contributed by atoms with Crippen molar-refractivity contribution >= 4 is 11.4 Å². The molecule has 1 aromatic rings. The van der Waals surface area contributed by atoms with Gasteiger partial charge in [0.1, 0.15) is 0 Å². The number of rotatable bonds is 5. The number of likely N-dealkylation sites (N-methyl/N-ethyl adjacent to an activating group) is 1. The number of ether oxygens (including phenoxy) is 1. The molecule has 1 aromatic carbocycles. The SMILES string of the molecule is CCOC(CN)CN1CCN(C)c2ccccc21. The van der Waals surface area contributed by atoms with Crippen molar-refractivity contribution in [3.8, 4) is 0 Å². The van der Waals surface area contributed by atoms with E-state index < -0.39 is 0 Å². The van der Waals surface area contributed by atoms with Gasteiger partial charge >= 0.3 is 0 Å². The first-order chi connectivity index (χ1) is 8.76. The van der Waals surface area contributed by atoms with E-state index in [4.69, 9.17) is 10.5 Å². The van der Waals surface area contributed by atoms with Crippen molar-refractivity contribution in [2.75, 3.05) is 49.6 Å². The van der Waals surface area contributed by atoms with Crippen molar-refractivity contribution in [3.63, 3.8) is 0 Å². The number of fused-ring (bicyclic) bond motifs is 1. The highest BCUT2D eigenvalue weighted by Gasteiger charge is 2.22. The van der Waals surface area contributed by atoms with E-state index in [2.05, 4.69) is 41.1 Å². The summed E-state index contributed by atoms with van der Waals surface area (Å²) in [5, 5.41) is 0. The molecule has 0 spiro atoms. The summed E-state index contributed by atoms with van der Waals surface area (Å²) in [7, 11) is 2.14. The molecule has 0 radical (unpaired) electrons. The van der Waals surface area contributed by atoms with Crippen LogP contribution in [0.4, 0.5) is 11.4 Å². The zero-order chi connectivity index (χ0) is 13.0. The fourth-order valence-corrected chi connectivity index (χ4v) is 2.43. The first kappa shape index (κ1) is 13.2. The number of benzene rings is 1. The molecule has 100 valence electrons. The predicted octanol–water partition coefficient (Wildman–Crippen LogP) is 1.31. The lowest BCUT2D eigenvalue weighted by molar-refractivity contribution is 0.0737. The first-order valence-corrected chi connectivity index (χ1v) is 6.63. The second kappa shape index (κ2) is 6.07. The van der Waals surface area contributed by atoms with Gasteiger partial charge in [-0.25, -0.2) is 0 Å². The Kier molecular flexibility index (Phi) is 4.44. The number of para-hydroxylation sites is 2. The quantitative estimate of drug-likeness (QED) is 0.854. The third kappa shape index (κ3) is 2.76. The van der Waals surface area contributed by atoms with E-state index in [0.717, 1.165) is 26.2 Å². The van der Waals surface area contributed by atoms with E-state index in [9.17, 15) is 0 Å². The molecule has 0 bridgehead atoms. The predicted molar refractivity (Wildman–Crippen MR) is 76.4 cm³/mol. The van der Waals surface area contributed by atoms with Crippen molar-refractivity contribution in [2.45, 2.75) is 13.0 Å². The van der Waals surface area contributed by atoms with Crippen LogP contribution in [0.15, 0.2) is 24.3 Å². The van der Waals surface area contributed by atoms with Crippen LogP contribution in [0.2, 0.25) is 0 Å². The maximum Gasteiger partial charge on any atom is 0.0871 e. The zero-order valence-corrected chi connectivity index (χ0v) is 11.3. The van der Waals surface area contributed by atoms with Crippen LogP contribution in [0.3, 0.4) is 0 Å². The molecule has 1 unspecified atom stereocenters. The van der Waals surface area contributed by atoms with E-state index in [-0.39, 0.29) is 6.10 Å². The Morgan fingerprint density at radius 2 is 2.00 bits per heavy atom. The van der Waals surface area contributed by atoms with Crippen molar-refractivity contribution in [1.82, 2.24) is 0 Å². The van der Waals surface area contributed by atoms with Crippen LogP contribution in [0.5, 0.6) is 0 Å². The van der Waals surface area contributed by atoms with Crippen LogP contribution >= 0.6 is 0 Å². The van der Waals surface area contributed by atoms with Gasteiger partial charge in [0.2, 0.25) is 0 Å². The highest BCUT2D eigenvalue weighted by molar-refractivity contribution is 5.73. The third-order valence-electron chi connectivity index (χ3n) is 3.43. The molecule has 0 saturated heterocycles. The van der Waals surface area contributed by atoms with Gasteiger partial charge in [-0.2, -0.15) is 0 Å². The maximum absolute atomic E-state index is 5.76. The number of hydrogen-bond donors (Lipinski definition) is 1. The smallest absolute Gasteiger partial charge is 0.0871 e. The summed E-state index contributed by atoms with van der Waals surface area (Å²) in [4.78, 5) is 4.67. The average molecular weight is 249 g/mol. The van der Waals surface area contributed by atoms with Crippen LogP contribution in [-0.2, 0) is 4.74 Å². The fourth-order valence-electron chi connectivity index (χ4n) is 2.43. The Morgan fingerprint density at radius 1 is 1.28 bits per heavy atom. The molecule has 1 aliphatic heterocycles. The van der Waals surface area contributed by atoms with Crippen LogP contribution in [0.1, 0.15) is 6.92 Å². The minimum Gasteiger partial charge on any atom is -0.375 e. The number of anilines is 2. The second-order valence-electron chi connectivity index (χ2n) is 4.67. The molecule has 0 amide bonds. The summed E-state index contributed by atoms with van der Waals surface area (Å²) in [6.45, 7) is 6.24. The molecule has 1 heterocycles. The van der Waals surface area contributed by atoms with Gasteiger partial charge in [0, 0.05) is 39.8 Å². The van der Waals surface area contributed by atoms with Crippen molar-refractivity contribution in [2.24, 2.45) is 5.73 Å². The van der Waals surface area contributed by atoms with Crippen LogP contribution in [0, 0.1) is 0 Å². The lowest BCUT2D eigenvalue weighted by Gasteiger charge is -2.38. The Bertz CT molecular complexity index is 383. The largest absolute Gasteiger partial charge is 0.375 e. The van der Waals surface area contributed by atoms with Crippen molar-refractivity contribution < 1.29 is 4.74 Å². The summed E-state index contributed by atoms with van der Waals surface area (Å²) in [5.41, 5.74) is 8.33. The third-order valence-corrected chi connectivity index (χ3v) is 3.43. The summed E-state index contributed by atoms with van der Waals surface area (Å²) < 4.78 is 5.66. The minimum atomic E-state index is 0.117. The molecule has 0 fully saturated rings. The van der Waals surface area contributed by atoms with Crippen LogP contribution in [-0.4, -0.2) is 45.9 Å². The van der Waals surface area contributed by atoms with Crippen molar-refractivity contribution in [1.29, 1.82) is 0 Å². The number of nitrogens with zero attached hydrogens (tertiary/aromatic N) is 2. The van der Waals surface area contributed by atoms with Gasteiger partial charge in [-0.05, 0) is 19.1 Å². The minimum absolute atomic E-state index is 0.117. The molecule has 1 atom stereocenters. The Labute approximate surface area is 109 Å². The highest BCUT2D eigenvalue weighted by Crippen LogP contribution is 2.31. The number of hydrogen-bond acceptors (Lipinski definition) is 4. The van der Waals surface area contributed by atoms with E-state index in [1.54, 1.807) is 0 Å². The van der Waals surface area contributed by atoms with E-state index in [1.807, 2.05) is 6.92 Å². The summed E-state index contributed by atoms with van der Waals surface area (Å²) in [6.07, 6.45) is 0.117. The molecule has 4 nitrogen and oxygen atoms in total. The molecule has 0 saturated carbocycles. The molecule has 2 rings (SSSR count). The average Bonchev–Trinajstić information content (AvgIpc) is 2.41. The van der Waals surface area contributed by atoms with Gasteiger partial charge in [0.05, 0.1) is 17.5 Å². The lowest BCUT2D eigenvalue weighted by atomic mass is 10.1. The van der Waals surface area contributed by atoms with Crippen LogP contribution < -0.4 is 15.5 Å². The monoisotopic (exact) mass is 249 g/mol. The summed E-state index contributed by atoms with van der Waals surface area (Å²) in [6, 6.07) is 8.51. The van der Waals surface area contributed by atoms with Gasteiger partial charge < -0.3 is 20.3 Å². The maximum atomic E-state index is 5.76. The molecule has 1 aliphatic rings. The topological polar surface area (TPSA) is 41.7 Å². The summed E-state index contributed by atoms with van der Waals surface area (Å²) >= 11 is 0. The Hall–Kier alpha value is -1.26. The second-order valence-corrected chi connectivity index (χ2v) is 4.67. The molecular formula is C14H23N3O. The zero-order valence-electron chi connectivity index (χ0n) is 11.3.